The molecule has 0 aromatic heterocycles. The van der Waals surface area contributed by atoms with Gasteiger partial charge in [-0.05, 0) is 102 Å². The van der Waals surface area contributed by atoms with Gasteiger partial charge >= 0.3 is 0 Å². The van der Waals surface area contributed by atoms with Crippen LogP contribution in [-0.4, -0.2) is 6.61 Å². The first kappa shape index (κ1) is 12.5. The second-order valence-electron chi connectivity index (χ2n) is 6.86. The summed E-state index contributed by atoms with van der Waals surface area (Å²) in [6.07, 6.45) is 7.51. The molecule has 0 unspecified atom stereocenters. The molecular weight excluding hydrogens is 347 g/mol. The quantitative estimate of drug-likeness (QED) is 0.701. The van der Waals surface area contributed by atoms with Crippen molar-refractivity contribution in [2.45, 2.75) is 32.1 Å². The van der Waals surface area contributed by atoms with Crippen molar-refractivity contribution in [3.63, 3.8) is 0 Å². The van der Waals surface area contributed by atoms with E-state index >= 15 is 0 Å². The zero-order valence-corrected chi connectivity index (χ0v) is 13.4. The Morgan fingerprint density at radius 2 is 1.68 bits per heavy atom. The van der Waals surface area contributed by atoms with E-state index in [2.05, 4.69) is 46.9 Å². The smallest absolute Gasteiger partial charge is 0.120 e. The van der Waals surface area contributed by atoms with Crippen LogP contribution in [0.2, 0.25) is 0 Å². The highest BCUT2D eigenvalue weighted by atomic mass is 127. The third kappa shape index (κ3) is 2.41. The lowest BCUT2D eigenvalue weighted by atomic mass is 9.52. The van der Waals surface area contributed by atoms with Crippen molar-refractivity contribution in [3.8, 4) is 5.75 Å². The van der Waals surface area contributed by atoms with Crippen molar-refractivity contribution in [1.82, 2.24) is 0 Å². The molecule has 0 N–H and O–H groups in total. The van der Waals surface area contributed by atoms with Gasteiger partial charge in [-0.3, -0.25) is 0 Å². The summed E-state index contributed by atoms with van der Waals surface area (Å²) in [5.74, 6) is 5.97. The maximum atomic E-state index is 6.11. The van der Waals surface area contributed by atoms with E-state index in [4.69, 9.17) is 4.74 Å². The average Bonchev–Trinajstić information content (AvgIpc) is 2.37. The highest BCUT2D eigenvalue weighted by Crippen LogP contribution is 2.56. The number of ether oxygens (including phenoxy) is 1. The van der Waals surface area contributed by atoms with E-state index in [0.717, 1.165) is 41.9 Å². The number of hydrogen-bond acceptors (Lipinski definition) is 1. The second-order valence-corrected chi connectivity index (χ2v) is 8.11. The molecule has 4 aliphatic rings. The molecule has 0 radical (unpaired) electrons. The van der Waals surface area contributed by atoms with Gasteiger partial charge in [-0.2, -0.15) is 0 Å². The van der Waals surface area contributed by atoms with E-state index in [1.165, 1.54) is 35.7 Å². The van der Waals surface area contributed by atoms with E-state index in [0.29, 0.717) is 0 Å². The van der Waals surface area contributed by atoms with Gasteiger partial charge in [0.1, 0.15) is 5.75 Å². The second kappa shape index (κ2) is 4.94. The summed E-state index contributed by atoms with van der Waals surface area (Å²) < 4.78 is 7.37. The van der Waals surface area contributed by atoms with Crippen LogP contribution in [0, 0.1) is 33.2 Å². The Morgan fingerprint density at radius 3 is 2.32 bits per heavy atom. The van der Waals surface area contributed by atoms with E-state index < -0.39 is 0 Å². The minimum atomic E-state index is 0.839. The molecule has 1 aromatic carbocycles. The van der Waals surface area contributed by atoms with Gasteiger partial charge in [0.15, 0.2) is 0 Å². The SMILES string of the molecule is Ic1cccc(OCC2C3CC4CC(C3)CC2C4)c1. The maximum Gasteiger partial charge on any atom is 0.120 e. The van der Waals surface area contributed by atoms with Gasteiger partial charge in [-0.1, -0.05) is 6.07 Å². The van der Waals surface area contributed by atoms with E-state index in [1.807, 2.05) is 0 Å². The zero-order chi connectivity index (χ0) is 12.8. The Balaban J connectivity index is 1.43. The Hall–Kier alpha value is -0.250. The number of benzene rings is 1. The van der Waals surface area contributed by atoms with Crippen molar-refractivity contribution in [2.24, 2.45) is 29.6 Å². The summed E-state index contributed by atoms with van der Waals surface area (Å²) in [7, 11) is 0. The first-order chi connectivity index (χ1) is 9.28. The molecule has 0 atom stereocenters. The van der Waals surface area contributed by atoms with E-state index in [1.54, 1.807) is 0 Å². The molecule has 0 spiro atoms. The van der Waals surface area contributed by atoms with E-state index in [-0.39, 0.29) is 0 Å². The van der Waals surface area contributed by atoms with Crippen LogP contribution in [0.4, 0.5) is 0 Å². The molecule has 0 heterocycles. The van der Waals surface area contributed by atoms with Crippen LogP contribution in [0.3, 0.4) is 0 Å². The lowest BCUT2D eigenvalue weighted by molar-refractivity contribution is -0.0529. The maximum absolute atomic E-state index is 6.11. The minimum Gasteiger partial charge on any atom is -0.493 e. The van der Waals surface area contributed by atoms with Crippen LogP contribution in [0.1, 0.15) is 32.1 Å². The fourth-order valence-corrected chi connectivity index (χ4v) is 5.57. The third-order valence-corrected chi connectivity index (χ3v) is 6.33. The van der Waals surface area contributed by atoms with Crippen LogP contribution in [-0.2, 0) is 0 Å². The van der Waals surface area contributed by atoms with Crippen molar-refractivity contribution in [3.05, 3.63) is 27.8 Å². The zero-order valence-electron chi connectivity index (χ0n) is 11.2. The van der Waals surface area contributed by atoms with Crippen molar-refractivity contribution >= 4 is 22.6 Å². The van der Waals surface area contributed by atoms with Gasteiger partial charge in [0.25, 0.3) is 0 Å². The fourth-order valence-electron chi connectivity index (χ4n) is 5.06. The van der Waals surface area contributed by atoms with Gasteiger partial charge in [0.2, 0.25) is 0 Å². The molecule has 0 saturated heterocycles. The normalized spacial score (nSPS) is 39.5. The van der Waals surface area contributed by atoms with Crippen molar-refractivity contribution < 1.29 is 4.74 Å². The minimum absolute atomic E-state index is 0.839. The Kier molecular flexibility index (Phi) is 3.25. The fraction of sp³-hybridized carbons (Fsp3) is 0.647. The molecule has 19 heavy (non-hydrogen) atoms. The van der Waals surface area contributed by atoms with Crippen molar-refractivity contribution in [1.29, 1.82) is 0 Å². The number of hydrogen-bond donors (Lipinski definition) is 0. The first-order valence-corrected chi connectivity index (χ1v) is 8.74. The predicted molar refractivity (Wildman–Crippen MR) is 85.2 cm³/mol. The Labute approximate surface area is 129 Å². The summed E-state index contributed by atoms with van der Waals surface area (Å²) in [4.78, 5) is 0. The molecule has 4 aliphatic carbocycles. The molecule has 0 amide bonds. The summed E-state index contributed by atoms with van der Waals surface area (Å²) in [5.41, 5.74) is 0. The van der Waals surface area contributed by atoms with Gasteiger partial charge < -0.3 is 4.74 Å². The molecular formula is C17H21IO. The lowest BCUT2D eigenvalue weighted by Crippen LogP contribution is -2.47. The summed E-state index contributed by atoms with van der Waals surface area (Å²) in [6, 6.07) is 8.46. The van der Waals surface area contributed by atoms with Crippen LogP contribution in [0.25, 0.3) is 0 Å². The van der Waals surface area contributed by atoms with Gasteiger partial charge in [-0.15, -0.1) is 0 Å². The molecule has 4 fully saturated rings. The van der Waals surface area contributed by atoms with E-state index in [9.17, 15) is 0 Å². The molecule has 4 bridgehead atoms. The highest BCUT2D eigenvalue weighted by molar-refractivity contribution is 14.1. The molecule has 1 aromatic rings. The first-order valence-electron chi connectivity index (χ1n) is 7.66. The number of rotatable bonds is 3. The summed E-state index contributed by atoms with van der Waals surface area (Å²) in [5, 5.41) is 0. The highest BCUT2D eigenvalue weighted by Gasteiger charge is 2.48. The monoisotopic (exact) mass is 368 g/mol. The van der Waals surface area contributed by atoms with Crippen LogP contribution >= 0.6 is 22.6 Å². The average molecular weight is 368 g/mol. The third-order valence-electron chi connectivity index (χ3n) is 5.66. The van der Waals surface area contributed by atoms with Crippen LogP contribution < -0.4 is 4.74 Å². The largest absolute Gasteiger partial charge is 0.493 e. The van der Waals surface area contributed by atoms with Gasteiger partial charge in [-0.25, -0.2) is 0 Å². The molecule has 5 rings (SSSR count). The molecule has 1 nitrogen and oxygen atoms in total. The van der Waals surface area contributed by atoms with Gasteiger partial charge in [0, 0.05) is 3.57 Å². The summed E-state index contributed by atoms with van der Waals surface area (Å²) >= 11 is 2.35. The predicted octanol–water partition coefficient (Wildman–Crippen LogP) is 4.74. The Bertz CT molecular complexity index is 442. The standard InChI is InChI=1S/C17H21IO/c18-15-2-1-3-16(9-15)19-10-17-13-5-11-4-12(7-13)8-14(17)6-11/h1-3,9,11-14,17H,4-8,10H2. The molecule has 2 heteroatoms. The molecule has 102 valence electrons. The topological polar surface area (TPSA) is 9.23 Å². The van der Waals surface area contributed by atoms with Crippen molar-refractivity contribution in [2.75, 3.05) is 6.61 Å². The lowest BCUT2D eigenvalue weighted by Gasteiger charge is -2.54. The summed E-state index contributed by atoms with van der Waals surface area (Å²) in [6.45, 7) is 0.953. The van der Waals surface area contributed by atoms with Crippen LogP contribution in [0.5, 0.6) is 5.75 Å². The number of halogens is 1. The Morgan fingerprint density at radius 1 is 1.00 bits per heavy atom. The molecule has 4 saturated carbocycles. The van der Waals surface area contributed by atoms with Gasteiger partial charge in [0.05, 0.1) is 6.61 Å². The molecule has 0 aliphatic heterocycles. The van der Waals surface area contributed by atoms with Crippen LogP contribution in [0.15, 0.2) is 24.3 Å².